The highest BCUT2D eigenvalue weighted by Crippen LogP contribution is 2.26. The van der Waals surface area contributed by atoms with E-state index in [2.05, 4.69) is 4.74 Å². The molecule has 0 aliphatic heterocycles. The molecule has 0 spiro atoms. The lowest BCUT2D eigenvalue weighted by Gasteiger charge is -2.21. The number of carbonyl (C=O) groups excluding carboxylic acids is 1. The molecule has 13 heavy (non-hydrogen) atoms. The summed E-state index contributed by atoms with van der Waals surface area (Å²) >= 11 is 0. The first-order valence-electron chi connectivity index (χ1n) is 4.35. The van der Waals surface area contributed by atoms with Crippen LogP contribution in [-0.4, -0.2) is 23.7 Å². The van der Waals surface area contributed by atoms with Crippen molar-refractivity contribution in [2.24, 2.45) is 5.41 Å². The van der Waals surface area contributed by atoms with Crippen LogP contribution in [0.15, 0.2) is 0 Å². The highest BCUT2D eigenvalue weighted by Gasteiger charge is 2.34. The minimum atomic E-state index is -0.994. The molecule has 0 heterocycles. The number of ether oxygens (including phenoxy) is 1. The number of rotatable bonds is 5. The molecular formula is C9H16O4. The molecule has 0 aliphatic carbocycles. The van der Waals surface area contributed by atoms with Crippen LogP contribution in [0.4, 0.5) is 0 Å². The molecule has 0 aromatic carbocycles. The molecule has 4 heteroatoms. The second kappa shape index (κ2) is 4.84. The molecule has 1 N–H and O–H groups in total. The van der Waals surface area contributed by atoms with Gasteiger partial charge in [-0.05, 0) is 20.3 Å². The summed E-state index contributed by atoms with van der Waals surface area (Å²) in [6.07, 6.45) is 0.355. The zero-order valence-electron chi connectivity index (χ0n) is 8.29. The molecule has 1 unspecified atom stereocenters. The van der Waals surface area contributed by atoms with E-state index in [9.17, 15) is 9.59 Å². The third-order valence-electron chi connectivity index (χ3n) is 2.14. The molecule has 0 aliphatic rings. The van der Waals surface area contributed by atoms with Crippen LogP contribution in [0.1, 0.15) is 33.6 Å². The summed E-state index contributed by atoms with van der Waals surface area (Å²) in [6, 6.07) is 0. The topological polar surface area (TPSA) is 63.6 Å². The van der Waals surface area contributed by atoms with Crippen LogP contribution in [0.25, 0.3) is 0 Å². The summed E-state index contributed by atoms with van der Waals surface area (Å²) in [5.74, 6) is -1.41. The normalized spacial score (nSPS) is 14.7. The summed E-state index contributed by atoms with van der Waals surface area (Å²) in [5.41, 5.74) is -0.994. The zero-order valence-corrected chi connectivity index (χ0v) is 8.29. The van der Waals surface area contributed by atoms with Gasteiger partial charge in [-0.3, -0.25) is 9.59 Å². The maximum absolute atomic E-state index is 11.0. The Hall–Kier alpha value is -1.06. The van der Waals surface area contributed by atoms with Gasteiger partial charge in [-0.15, -0.1) is 0 Å². The van der Waals surface area contributed by atoms with Gasteiger partial charge in [0.25, 0.3) is 0 Å². The molecule has 76 valence electrons. The van der Waals surface area contributed by atoms with Gasteiger partial charge >= 0.3 is 11.9 Å². The predicted octanol–water partition coefficient (Wildman–Crippen LogP) is 1.44. The lowest BCUT2D eigenvalue weighted by atomic mass is 9.84. The Labute approximate surface area is 77.9 Å². The van der Waals surface area contributed by atoms with Crippen molar-refractivity contribution in [1.29, 1.82) is 0 Å². The Bertz CT molecular complexity index is 200. The summed E-state index contributed by atoms with van der Waals surface area (Å²) in [5, 5.41) is 8.84. The van der Waals surface area contributed by atoms with Crippen LogP contribution in [-0.2, 0) is 14.3 Å². The maximum atomic E-state index is 11.0. The standard InChI is InChI=1S/C9H16O4/c1-4-9(3,8(11)12)6-7(10)13-5-2/h4-6H2,1-3H3,(H,11,12). The van der Waals surface area contributed by atoms with Gasteiger partial charge in [-0.1, -0.05) is 6.92 Å². The molecule has 0 rings (SSSR count). The van der Waals surface area contributed by atoms with Crippen molar-refractivity contribution < 1.29 is 19.4 Å². The Morgan fingerprint density at radius 3 is 2.23 bits per heavy atom. The zero-order chi connectivity index (χ0) is 10.5. The van der Waals surface area contributed by atoms with Gasteiger partial charge in [0, 0.05) is 0 Å². The van der Waals surface area contributed by atoms with Crippen molar-refractivity contribution in [1.82, 2.24) is 0 Å². The van der Waals surface area contributed by atoms with Gasteiger partial charge in [0.05, 0.1) is 18.4 Å². The molecule has 0 amide bonds. The van der Waals surface area contributed by atoms with E-state index in [-0.39, 0.29) is 13.0 Å². The Morgan fingerprint density at radius 1 is 1.38 bits per heavy atom. The van der Waals surface area contributed by atoms with Gasteiger partial charge in [0.2, 0.25) is 0 Å². The highest BCUT2D eigenvalue weighted by atomic mass is 16.5. The summed E-state index contributed by atoms with van der Waals surface area (Å²) < 4.78 is 4.69. The van der Waals surface area contributed by atoms with Crippen LogP contribution in [0.3, 0.4) is 0 Å². The summed E-state index contributed by atoms with van der Waals surface area (Å²) in [4.78, 5) is 21.8. The van der Waals surface area contributed by atoms with E-state index in [1.54, 1.807) is 20.8 Å². The van der Waals surface area contributed by atoms with Gasteiger partial charge in [0.15, 0.2) is 0 Å². The number of carboxylic acids is 1. The van der Waals surface area contributed by atoms with Gasteiger partial charge < -0.3 is 9.84 Å². The molecule has 0 saturated heterocycles. The first kappa shape index (κ1) is 11.9. The predicted molar refractivity (Wildman–Crippen MR) is 47.3 cm³/mol. The van der Waals surface area contributed by atoms with Crippen LogP contribution in [0, 0.1) is 5.41 Å². The number of esters is 1. The van der Waals surface area contributed by atoms with E-state index in [0.29, 0.717) is 6.42 Å². The quantitative estimate of drug-likeness (QED) is 0.663. The summed E-state index contributed by atoms with van der Waals surface area (Å²) in [6.45, 7) is 5.28. The molecule has 0 fully saturated rings. The second-order valence-electron chi connectivity index (χ2n) is 3.20. The lowest BCUT2D eigenvalue weighted by Crippen LogP contribution is -2.30. The van der Waals surface area contributed by atoms with Crippen LogP contribution >= 0.6 is 0 Å². The van der Waals surface area contributed by atoms with E-state index in [1.165, 1.54) is 0 Å². The fraction of sp³-hybridized carbons (Fsp3) is 0.778. The van der Waals surface area contributed by atoms with Crippen LogP contribution in [0.2, 0.25) is 0 Å². The van der Waals surface area contributed by atoms with E-state index >= 15 is 0 Å². The monoisotopic (exact) mass is 188 g/mol. The second-order valence-corrected chi connectivity index (χ2v) is 3.20. The molecule has 0 aromatic rings. The minimum Gasteiger partial charge on any atom is -0.481 e. The molecule has 1 atom stereocenters. The van der Waals surface area contributed by atoms with Crippen molar-refractivity contribution in [2.75, 3.05) is 6.61 Å². The average Bonchev–Trinajstić information content (AvgIpc) is 2.04. The van der Waals surface area contributed by atoms with E-state index in [0.717, 1.165) is 0 Å². The number of hydrogen-bond donors (Lipinski definition) is 1. The molecule has 0 radical (unpaired) electrons. The van der Waals surface area contributed by atoms with Crippen molar-refractivity contribution in [3.05, 3.63) is 0 Å². The lowest BCUT2D eigenvalue weighted by molar-refractivity contribution is -0.157. The fourth-order valence-electron chi connectivity index (χ4n) is 0.882. The highest BCUT2D eigenvalue weighted by molar-refractivity contribution is 5.81. The molecule has 0 bridgehead atoms. The van der Waals surface area contributed by atoms with Crippen LogP contribution in [0.5, 0.6) is 0 Å². The van der Waals surface area contributed by atoms with Gasteiger partial charge in [0.1, 0.15) is 0 Å². The molecule has 4 nitrogen and oxygen atoms in total. The largest absolute Gasteiger partial charge is 0.481 e. The Morgan fingerprint density at radius 2 is 1.92 bits per heavy atom. The maximum Gasteiger partial charge on any atom is 0.309 e. The number of hydrogen-bond acceptors (Lipinski definition) is 3. The molecule has 0 saturated carbocycles. The smallest absolute Gasteiger partial charge is 0.309 e. The first-order chi connectivity index (χ1) is 5.96. The van der Waals surface area contributed by atoms with Crippen LogP contribution < -0.4 is 0 Å². The number of aliphatic carboxylic acids is 1. The SMILES string of the molecule is CCOC(=O)CC(C)(CC)C(=O)O. The Kier molecular flexibility index (Phi) is 4.45. The molecular weight excluding hydrogens is 172 g/mol. The summed E-state index contributed by atoms with van der Waals surface area (Å²) in [7, 11) is 0. The van der Waals surface area contributed by atoms with Crippen molar-refractivity contribution in [2.45, 2.75) is 33.6 Å². The number of carboxylic acid groups (broad SMARTS) is 1. The number of carbonyl (C=O) groups is 2. The van der Waals surface area contributed by atoms with Gasteiger partial charge in [-0.25, -0.2) is 0 Å². The van der Waals surface area contributed by atoms with Gasteiger partial charge in [-0.2, -0.15) is 0 Å². The Balaban J connectivity index is 4.27. The third-order valence-corrected chi connectivity index (χ3v) is 2.14. The van der Waals surface area contributed by atoms with E-state index < -0.39 is 17.4 Å². The average molecular weight is 188 g/mol. The van der Waals surface area contributed by atoms with Crippen molar-refractivity contribution in [3.63, 3.8) is 0 Å². The first-order valence-corrected chi connectivity index (χ1v) is 4.35. The fourth-order valence-corrected chi connectivity index (χ4v) is 0.882. The van der Waals surface area contributed by atoms with Crippen molar-refractivity contribution >= 4 is 11.9 Å². The van der Waals surface area contributed by atoms with E-state index in [1.807, 2.05) is 0 Å². The van der Waals surface area contributed by atoms with E-state index in [4.69, 9.17) is 5.11 Å². The molecule has 0 aromatic heterocycles. The van der Waals surface area contributed by atoms with Crippen molar-refractivity contribution in [3.8, 4) is 0 Å². The third kappa shape index (κ3) is 3.44. The minimum absolute atomic E-state index is 0.0628.